The number of carbonyl (C=O) groups is 1. The molecule has 0 bridgehead atoms. The molecule has 182 valence electrons. The van der Waals surface area contributed by atoms with E-state index in [-0.39, 0.29) is 12.3 Å². The van der Waals surface area contributed by atoms with Gasteiger partial charge < -0.3 is 9.47 Å². The van der Waals surface area contributed by atoms with E-state index in [1.165, 1.54) is 18.0 Å². The SMILES string of the molecule is COC(=O)c1c(OCc2ccccc2)c2ccc(-c3cn(-c4cccc(Cl)c4)nn3)cc2c2ncnn12. The monoisotopic (exact) mass is 510 g/mol. The highest BCUT2D eigenvalue weighted by Gasteiger charge is 2.24. The van der Waals surface area contributed by atoms with Gasteiger partial charge in [0, 0.05) is 21.4 Å². The van der Waals surface area contributed by atoms with Crippen LogP contribution in [0.25, 0.3) is 33.4 Å². The van der Waals surface area contributed by atoms with Gasteiger partial charge in [-0.1, -0.05) is 59.3 Å². The van der Waals surface area contributed by atoms with Crippen LogP contribution in [0.2, 0.25) is 5.02 Å². The predicted octanol–water partition coefficient (Wildman–Crippen LogP) is 5.15. The van der Waals surface area contributed by atoms with Gasteiger partial charge in [0.1, 0.15) is 18.6 Å². The van der Waals surface area contributed by atoms with Gasteiger partial charge in [-0.15, -0.1) is 5.10 Å². The van der Waals surface area contributed by atoms with Crippen LogP contribution >= 0.6 is 11.6 Å². The Bertz CT molecular complexity index is 1760. The molecule has 3 aromatic heterocycles. The van der Waals surface area contributed by atoms with Gasteiger partial charge in [0.15, 0.2) is 17.1 Å². The Hall–Kier alpha value is -4.76. The van der Waals surface area contributed by atoms with E-state index in [0.29, 0.717) is 27.5 Å². The topological polar surface area (TPSA) is 96.4 Å². The Morgan fingerprint density at radius 3 is 2.68 bits per heavy atom. The van der Waals surface area contributed by atoms with Gasteiger partial charge in [0.05, 0.1) is 19.0 Å². The largest absolute Gasteiger partial charge is 0.486 e. The van der Waals surface area contributed by atoms with Crippen LogP contribution in [-0.2, 0) is 11.3 Å². The molecule has 0 aliphatic heterocycles. The summed E-state index contributed by atoms with van der Waals surface area (Å²) in [6.45, 7) is 0.260. The Balaban J connectivity index is 1.49. The molecule has 0 saturated carbocycles. The first-order valence-electron chi connectivity index (χ1n) is 11.4. The number of hydrogen-bond acceptors (Lipinski definition) is 7. The van der Waals surface area contributed by atoms with E-state index in [2.05, 4.69) is 20.4 Å². The Kier molecular flexibility index (Phi) is 5.74. The summed E-state index contributed by atoms with van der Waals surface area (Å²) in [4.78, 5) is 17.2. The Morgan fingerprint density at radius 1 is 1.00 bits per heavy atom. The number of methoxy groups -OCH3 is 1. The second-order valence-electron chi connectivity index (χ2n) is 8.23. The van der Waals surface area contributed by atoms with E-state index in [9.17, 15) is 4.79 Å². The van der Waals surface area contributed by atoms with Crippen LogP contribution in [0.1, 0.15) is 16.1 Å². The number of carbonyl (C=O) groups excluding carboxylic acids is 1. The Morgan fingerprint density at radius 2 is 1.86 bits per heavy atom. The van der Waals surface area contributed by atoms with E-state index in [1.807, 2.05) is 72.9 Å². The number of rotatable bonds is 6. The van der Waals surface area contributed by atoms with Crippen molar-refractivity contribution in [3.8, 4) is 22.7 Å². The summed E-state index contributed by atoms with van der Waals surface area (Å²) in [7, 11) is 1.32. The summed E-state index contributed by atoms with van der Waals surface area (Å²) in [6.07, 6.45) is 3.22. The normalized spacial score (nSPS) is 11.2. The van der Waals surface area contributed by atoms with Gasteiger partial charge in [-0.05, 0) is 35.9 Å². The molecule has 0 N–H and O–H groups in total. The van der Waals surface area contributed by atoms with Crippen molar-refractivity contribution in [2.45, 2.75) is 6.61 Å². The summed E-state index contributed by atoms with van der Waals surface area (Å²) < 4.78 is 14.4. The molecule has 0 fully saturated rings. The second-order valence-corrected chi connectivity index (χ2v) is 8.66. The number of ether oxygens (including phenoxy) is 2. The summed E-state index contributed by atoms with van der Waals surface area (Å²) >= 11 is 6.13. The number of esters is 1. The fraction of sp³-hybridized carbons (Fsp3) is 0.0741. The molecule has 9 nitrogen and oxygen atoms in total. The van der Waals surface area contributed by atoms with Gasteiger partial charge in [-0.2, -0.15) is 5.10 Å². The average molecular weight is 511 g/mol. The van der Waals surface area contributed by atoms with Crippen molar-refractivity contribution in [1.29, 1.82) is 0 Å². The predicted molar refractivity (Wildman–Crippen MR) is 138 cm³/mol. The number of fused-ring (bicyclic) bond motifs is 3. The summed E-state index contributed by atoms with van der Waals surface area (Å²) in [5.41, 5.74) is 3.88. The van der Waals surface area contributed by atoms with E-state index in [4.69, 9.17) is 21.1 Å². The number of halogens is 1. The molecule has 0 amide bonds. The van der Waals surface area contributed by atoms with E-state index in [1.54, 1.807) is 10.7 Å². The molecule has 10 heteroatoms. The summed E-state index contributed by atoms with van der Waals surface area (Å²) in [6, 6.07) is 22.8. The molecular weight excluding hydrogens is 492 g/mol. The lowest BCUT2D eigenvalue weighted by Gasteiger charge is -2.15. The number of pyridine rings is 1. The molecule has 0 saturated heterocycles. The molecular formula is C27H19ClN6O3. The van der Waals surface area contributed by atoms with Crippen LogP contribution in [0.15, 0.2) is 85.3 Å². The lowest BCUT2D eigenvalue weighted by Crippen LogP contribution is -2.13. The van der Waals surface area contributed by atoms with Gasteiger partial charge in [0.25, 0.3) is 0 Å². The molecule has 0 radical (unpaired) electrons. The van der Waals surface area contributed by atoms with Gasteiger partial charge in [0.2, 0.25) is 0 Å². The lowest BCUT2D eigenvalue weighted by molar-refractivity contribution is 0.0585. The van der Waals surface area contributed by atoms with Crippen LogP contribution in [0.5, 0.6) is 5.75 Å². The van der Waals surface area contributed by atoms with Gasteiger partial charge >= 0.3 is 5.97 Å². The highest BCUT2D eigenvalue weighted by Crippen LogP contribution is 2.36. The van der Waals surface area contributed by atoms with Crippen LogP contribution < -0.4 is 4.74 Å². The van der Waals surface area contributed by atoms with Crippen LogP contribution in [0.3, 0.4) is 0 Å². The van der Waals surface area contributed by atoms with Gasteiger partial charge in [-0.3, -0.25) is 0 Å². The number of hydrogen-bond donors (Lipinski definition) is 0. The lowest BCUT2D eigenvalue weighted by atomic mass is 10.0. The van der Waals surface area contributed by atoms with Crippen LogP contribution in [0, 0.1) is 0 Å². The third-order valence-electron chi connectivity index (χ3n) is 5.95. The molecule has 0 atom stereocenters. The molecule has 3 heterocycles. The molecule has 6 rings (SSSR count). The van der Waals surface area contributed by atoms with Gasteiger partial charge in [-0.25, -0.2) is 19.0 Å². The number of aromatic nitrogens is 6. The third kappa shape index (κ3) is 4.15. The molecule has 6 aromatic rings. The first kappa shape index (κ1) is 22.7. The minimum atomic E-state index is -0.575. The van der Waals surface area contributed by atoms with Crippen LogP contribution in [-0.4, -0.2) is 42.7 Å². The molecule has 3 aromatic carbocycles. The Labute approximate surface area is 215 Å². The maximum atomic E-state index is 12.8. The standard InChI is InChI=1S/C27H19ClN6O3/c1-36-27(35)24-25(37-15-17-6-3-2-4-7-17)21-11-10-18(12-22(21)26-29-16-30-34(24)26)23-14-33(32-31-23)20-9-5-8-19(28)13-20/h2-14,16H,15H2,1H3. The fourth-order valence-corrected chi connectivity index (χ4v) is 4.38. The zero-order valence-electron chi connectivity index (χ0n) is 19.6. The minimum Gasteiger partial charge on any atom is -0.486 e. The van der Waals surface area contributed by atoms with Crippen molar-refractivity contribution in [2.24, 2.45) is 0 Å². The minimum absolute atomic E-state index is 0.165. The number of benzene rings is 3. The van der Waals surface area contributed by atoms with E-state index >= 15 is 0 Å². The fourth-order valence-electron chi connectivity index (χ4n) is 4.19. The summed E-state index contributed by atoms with van der Waals surface area (Å²) in [5.74, 6) is -0.216. The average Bonchev–Trinajstić information content (AvgIpc) is 3.62. The molecule has 0 unspecified atom stereocenters. The smallest absolute Gasteiger partial charge is 0.360 e. The van der Waals surface area contributed by atoms with E-state index < -0.39 is 5.97 Å². The maximum Gasteiger partial charge on any atom is 0.360 e. The highest BCUT2D eigenvalue weighted by atomic mass is 35.5. The molecule has 0 spiro atoms. The summed E-state index contributed by atoms with van der Waals surface area (Å²) in [5, 5.41) is 14.9. The quantitative estimate of drug-likeness (QED) is 0.286. The zero-order valence-corrected chi connectivity index (χ0v) is 20.3. The van der Waals surface area contributed by atoms with Crippen molar-refractivity contribution in [3.63, 3.8) is 0 Å². The van der Waals surface area contributed by atoms with E-state index in [0.717, 1.165) is 22.2 Å². The van der Waals surface area contributed by atoms with Crippen molar-refractivity contribution >= 4 is 34.0 Å². The molecule has 37 heavy (non-hydrogen) atoms. The zero-order chi connectivity index (χ0) is 25.4. The van der Waals surface area contributed by atoms with Crippen molar-refractivity contribution in [1.82, 2.24) is 29.6 Å². The molecule has 0 aliphatic carbocycles. The van der Waals surface area contributed by atoms with Crippen molar-refractivity contribution in [3.05, 3.63) is 102 Å². The first-order valence-corrected chi connectivity index (χ1v) is 11.7. The molecule has 0 aliphatic rings. The third-order valence-corrected chi connectivity index (χ3v) is 6.18. The number of nitrogens with zero attached hydrogens (tertiary/aromatic N) is 6. The first-order chi connectivity index (χ1) is 18.1. The van der Waals surface area contributed by atoms with Crippen LogP contribution in [0.4, 0.5) is 0 Å². The second kappa shape index (κ2) is 9.36. The maximum absolute atomic E-state index is 12.8. The highest BCUT2D eigenvalue weighted by molar-refractivity contribution is 6.30. The van der Waals surface area contributed by atoms with Crippen molar-refractivity contribution in [2.75, 3.05) is 7.11 Å². The van der Waals surface area contributed by atoms with Crippen molar-refractivity contribution < 1.29 is 14.3 Å².